The van der Waals surface area contributed by atoms with Crippen LogP contribution in [-0.4, -0.2) is 17.5 Å². The maximum Gasteiger partial charge on any atom is 0.161 e. The van der Waals surface area contributed by atoms with Crippen molar-refractivity contribution in [2.45, 2.75) is 12.8 Å². The first-order valence-corrected chi connectivity index (χ1v) is 2.67. The number of aliphatic hydroxyl groups is 1. The summed E-state index contributed by atoms with van der Waals surface area (Å²) < 4.78 is 0. The highest BCUT2D eigenvalue weighted by molar-refractivity contribution is 5.97. The highest BCUT2D eigenvalue weighted by Gasteiger charge is 2.12. The van der Waals surface area contributed by atoms with E-state index in [4.69, 9.17) is 5.11 Å². The second-order valence-electron chi connectivity index (χ2n) is 1.85. The van der Waals surface area contributed by atoms with Gasteiger partial charge in [0.15, 0.2) is 5.78 Å². The lowest BCUT2D eigenvalue weighted by atomic mass is 10.2. The molecule has 0 atom stereocenters. The van der Waals surface area contributed by atoms with Crippen molar-refractivity contribution in [2.24, 2.45) is 0 Å². The summed E-state index contributed by atoms with van der Waals surface area (Å²) in [6.45, 7) is -0.0845. The molecule has 44 valence electrons. The third-order valence-corrected chi connectivity index (χ3v) is 1.29. The molecular weight excluding hydrogens is 104 g/mol. The van der Waals surface area contributed by atoms with Gasteiger partial charge in [0.25, 0.3) is 0 Å². The van der Waals surface area contributed by atoms with Crippen LogP contribution in [0.4, 0.5) is 0 Å². The van der Waals surface area contributed by atoms with E-state index in [1.165, 1.54) is 0 Å². The van der Waals surface area contributed by atoms with E-state index in [1.807, 2.05) is 0 Å². The van der Waals surface area contributed by atoms with Gasteiger partial charge in [0, 0.05) is 12.0 Å². The largest absolute Gasteiger partial charge is 0.392 e. The monoisotopic (exact) mass is 112 g/mol. The molecule has 0 unspecified atom stereocenters. The molecule has 0 heterocycles. The van der Waals surface area contributed by atoms with Gasteiger partial charge in [-0.25, -0.2) is 0 Å². The summed E-state index contributed by atoms with van der Waals surface area (Å²) in [5.74, 6) is 0.104. The molecule has 0 aliphatic heterocycles. The summed E-state index contributed by atoms with van der Waals surface area (Å²) in [5.41, 5.74) is 0.588. The number of hydrogen-bond acceptors (Lipinski definition) is 2. The number of allylic oxidation sites excluding steroid dienone is 1. The molecule has 1 rings (SSSR count). The smallest absolute Gasteiger partial charge is 0.161 e. The second-order valence-corrected chi connectivity index (χ2v) is 1.85. The third-order valence-electron chi connectivity index (χ3n) is 1.29. The molecule has 0 amide bonds. The average Bonchev–Trinajstić information content (AvgIpc) is 2.14. The Bertz CT molecular complexity index is 135. The van der Waals surface area contributed by atoms with E-state index in [0.717, 1.165) is 6.42 Å². The fourth-order valence-electron chi connectivity index (χ4n) is 0.805. The fourth-order valence-corrected chi connectivity index (χ4v) is 0.805. The summed E-state index contributed by atoms with van der Waals surface area (Å²) in [6, 6.07) is 0. The Morgan fingerprint density at radius 3 is 2.75 bits per heavy atom. The molecule has 0 spiro atoms. The van der Waals surface area contributed by atoms with Crippen molar-refractivity contribution in [2.75, 3.05) is 6.61 Å². The third kappa shape index (κ3) is 0.793. The summed E-state index contributed by atoms with van der Waals surface area (Å²) in [5, 5.41) is 8.45. The minimum absolute atomic E-state index is 0.0845. The van der Waals surface area contributed by atoms with Crippen LogP contribution in [0.2, 0.25) is 0 Å². The Kier molecular flexibility index (Phi) is 1.44. The van der Waals surface area contributed by atoms with Gasteiger partial charge in [-0.15, -0.1) is 0 Å². The second kappa shape index (κ2) is 2.09. The van der Waals surface area contributed by atoms with Gasteiger partial charge in [0.05, 0.1) is 6.61 Å². The predicted molar refractivity (Wildman–Crippen MR) is 29.4 cm³/mol. The van der Waals surface area contributed by atoms with Crippen molar-refractivity contribution in [3.63, 3.8) is 0 Å². The predicted octanol–water partition coefficient (Wildman–Crippen LogP) is 0.268. The van der Waals surface area contributed by atoms with Gasteiger partial charge in [-0.3, -0.25) is 4.79 Å². The Hall–Kier alpha value is -0.630. The van der Waals surface area contributed by atoms with Crippen LogP contribution in [-0.2, 0) is 4.79 Å². The van der Waals surface area contributed by atoms with Gasteiger partial charge < -0.3 is 5.11 Å². The van der Waals surface area contributed by atoms with Gasteiger partial charge >= 0.3 is 0 Å². The lowest BCUT2D eigenvalue weighted by Crippen LogP contribution is -1.98. The highest BCUT2D eigenvalue weighted by atomic mass is 16.3. The molecule has 1 N–H and O–H groups in total. The Morgan fingerprint density at radius 1 is 1.75 bits per heavy atom. The molecule has 1 aliphatic carbocycles. The lowest BCUT2D eigenvalue weighted by Gasteiger charge is -1.88. The van der Waals surface area contributed by atoms with Crippen LogP contribution in [0.5, 0.6) is 0 Å². The van der Waals surface area contributed by atoms with Gasteiger partial charge in [-0.05, 0) is 6.42 Å². The van der Waals surface area contributed by atoms with Crippen LogP contribution >= 0.6 is 0 Å². The molecule has 0 aromatic carbocycles. The van der Waals surface area contributed by atoms with Crippen LogP contribution in [0.1, 0.15) is 12.8 Å². The van der Waals surface area contributed by atoms with Gasteiger partial charge in [0.2, 0.25) is 0 Å². The van der Waals surface area contributed by atoms with Crippen molar-refractivity contribution in [1.82, 2.24) is 0 Å². The maximum atomic E-state index is 10.6. The molecule has 2 heteroatoms. The normalized spacial score (nSPS) is 19.1. The first-order chi connectivity index (χ1) is 3.84. The van der Waals surface area contributed by atoms with E-state index in [9.17, 15) is 4.79 Å². The number of carbonyl (C=O) groups is 1. The van der Waals surface area contributed by atoms with E-state index in [-0.39, 0.29) is 12.4 Å². The average molecular weight is 112 g/mol. The topological polar surface area (TPSA) is 37.3 Å². The van der Waals surface area contributed by atoms with E-state index in [2.05, 4.69) is 0 Å². The molecule has 0 aromatic rings. The van der Waals surface area contributed by atoms with Gasteiger partial charge in [0.1, 0.15) is 0 Å². The first kappa shape index (κ1) is 5.51. The summed E-state index contributed by atoms with van der Waals surface area (Å²) in [7, 11) is 0. The van der Waals surface area contributed by atoms with Crippen LogP contribution in [0.25, 0.3) is 0 Å². The van der Waals surface area contributed by atoms with E-state index in [1.54, 1.807) is 6.08 Å². The van der Waals surface area contributed by atoms with Crippen LogP contribution in [0, 0.1) is 0 Å². The molecule has 2 nitrogen and oxygen atoms in total. The molecule has 0 saturated carbocycles. The summed E-state index contributed by atoms with van der Waals surface area (Å²) >= 11 is 0. The van der Waals surface area contributed by atoms with Crippen molar-refractivity contribution < 1.29 is 9.90 Å². The van der Waals surface area contributed by atoms with E-state index < -0.39 is 0 Å². The molecule has 0 fully saturated rings. The van der Waals surface area contributed by atoms with Gasteiger partial charge in [-0.2, -0.15) is 0 Å². The van der Waals surface area contributed by atoms with Crippen molar-refractivity contribution in [1.29, 1.82) is 0 Å². The minimum atomic E-state index is -0.0845. The molecule has 0 radical (unpaired) electrons. The standard InChI is InChI=1S/C6H8O2/c7-4-5-2-1-3-6(5)8/h2,7H,1,3-4H2. The molecule has 1 aliphatic rings. The quantitative estimate of drug-likeness (QED) is 0.528. The van der Waals surface area contributed by atoms with Crippen molar-refractivity contribution in [3.05, 3.63) is 11.6 Å². The zero-order chi connectivity index (χ0) is 5.98. The highest BCUT2D eigenvalue weighted by Crippen LogP contribution is 2.11. The minimum Gasteiger partial charge on any atom is -0.392 e. The molecular formula is C6H8O2. The maximum absolute atomic E-state index is 10.6. The number of Topliss-reactive ketones (excluding diaryl/α,β-unsaturated/α-hetero) is 1. The van der Waals surface area contributed by atoms with E-state index >= 15 is 0 Å². The van der Waals surface area contributed by atoms with Gasteiger partial charge in [-0.1, -0.05) is 6.08 Å². The van der Waals surface area contributed by atoms with E-state index in [0.29, 0.717) is 12.0 Å². The Morgan fingerprint density at radius 2 is 2.50 bits per heavy atom. The molecule has 0 saturated heterocycles. The number of hydrogen-bond donors (Lipinski definition) is 1. The fraction of sp³-hybridized carbons (Fsp3) is 0.500. The zero-order valence-electron chi connectivity index (χ0n) is 4.55. The zero-order valence-corrected chi connectivity index (χ0v) is 4.55. The van der Waals surface area contributed by atoms with Crippen LogP contribution < -0.4 is 0 Å². The first-order valence-electron chi connectivity index (χ1n) is 2.67. The number of aliphatic hydroxyl groups excluding tert-OH is 1. The number of rotatable bonds is 1. The van der Waals surface area contributed by atoms with Crippen LogP contribution in [0.15, 0.2) is 11.6 Å². The molecule has 0 aromatic heterocycles. The molecule has 8 heavy (non-hydrogen) atoms. The lowest BCUT2D eigenvalue weighted by molar-refractivity contribution is -0.115. The summed E-state index contributed by atoms with van der Waals surface area (Å²) in [4.78, 5) is 10.6. The molecule has 0 bridgehead atoms. The van der Waals surface area contributed by atoms with Crippen molar-refractivity contribution >= 4 is 5.78 Å². The van der Waals surface area contributed by atoms with Crippen molar-refractivity contribution in [3.8, 4) is 0 Å². The Labute approximate surface area is 47.8 Å². The van der Waals surface area contributed by atoms with Crippen LogP contribution in [0.3, 0.4) is 0 Å². The number of ketones is 1. The Balaban J connectivity index is 2.62. The summed E-state index contributed by atoms with van der Waals surface area (Å²) in [6.07, 6.45) is 3.20. The SMILES string of the molecule is O=C1CCC=C1CO. The number of carbonyl (C=O) groups excluding carboxylic acids is 1.